The highest BCUT2D eigenvalue weighted by atomic mass is 16.4. The van der Waals surface area contributed by atoms with Crippen molar-refractivity contribution in [3.05, 3.63) is 51.7 Å². The molecule has 4 atom stereocenters. The molecule has 5 aliphatic rings. The fourth-order valence-corrected chi connectivity index (χ4v) is 5.57. The van der Waals surface area contributed by atoms with Gasteiger partial charge in [-0.2, -0.15) is 0 Å². The smallest absolute Gasteiger partial charge is 0.307 e. The third-order valence-electron chi connectivity index (χ3n) is 6.77. The molecule has 0 spiro atoms. The van der Waals surface area contributed by atoms with Gasteiger partial charge < -0.3 is 24.8 Å². The van der Waals surface area contributed by atoms with Crippen molar-refractivity contribution in [2.45, 2.75) is 11.8 Å². The summed E-state index contributed by atoms with van der Waals surface area (Å²) in [5, 5.41) is 40.7. The van der Waals surface area contributed by atoms with Crippen molar-refractivity contribution in [1.29, 1.82) is 0 Å². The molecule has 28 heavy (non-hydrogen) atoms. The predicted octanol–water partition coefficient (Wildman–Crippen LogP) is 2.54. The number of carboxylic acids is 1. The van der Waals surface area contributed by atoms with Gasteiger partial charge in [-0.25, -0.2) is 0 Å². The topological polar surface area (TPSA) is 128 Å². The molecule has 4 aliphatic carbocycles. The number of benzene rings is 2. The molecule has 2 saturated carbocycles. The maximum atomic E-state index is 11.9. The molecular weight excluding hydrogens is 364 g/mol. The van der Waals surface area contributed by atoms with Crippen molar-refractivity contribution in [3.63, 3.8) is 0 Å². The zero-order valence-corrected chi connectivity index (χ0v) is 14.3. The maximum absolute atomic E-state index is 11.9. The molecule has 6 rings (SSSR count). The van der Waals surface area contributed by atoms with Gasteiger partial charge in [0.2, 0.25) is 16.9 Å². The van der Waals surface area contributed by atoms with Gasteiger partial charge in [-0.3, -0.25) is 9.59 Å². The first kappa shape index (κ1) is 15.6. The van der Waals surface area contributed by atoms with Crippen LogP contribution in [0.3, 0.4) is 0 Å². The standard InChI is InChI=1S/C21H14O7/c22-12-3-1-7-14(21-6-10(20(26)27)9-5-11(21)15(9)21)8-2-4-13(23)17(25)19(8)28-18(7)16(12)24/h1-5,9-10,15,22,24-25H,6H2,(H,26,27). The van der Waals surface area contributed by atoms with Crippen molar-refractivity contribution in [3.8, 4) is 28.6 Å². The summed E-state index contributed by atoms with van der Waals surface area (Å²) in [7, 11) is 0. The number of aliphatic carboxylic acids is 1. The number of aromatic hydroxyl groups is 3. The van der Waals surface area contributed by atoms with E-state index in [0.717, 1.165) is 11.1 Å². The average Bonchev–Trinajstić information content (AvgIpc) is 3.05. The summed E-state index contributed by atoms with van der Waals surface area (Å²) < 4.78 is 5.66. The van der Waals surface area contributed by atoms with E-state index >= 15 is 0 Å². The second kappa shape index (κ2) is 4.49. The van der Waals surface area contributed by atoms with Gasteiger partial charge in [0.25, 0.3) is 0 Å². The summed E-state index contributed by atoms with van der Waals surface area (Å²) >= 11 is 0. The number of hydrogen-bond donors (Lipinski definition) is 4. The zero-order chi connectivity index (χ0) is 19.5. The average molecular weight is 378 g/mol. The summed E-state index contributed by atoms with van der Waals surface area (Å²) in [5.41, 5.74) is 1.22. The van der Waals surface area contributed by atoms with Crippen molar-refractivity contribution >= 4 is 16.9 Å². The first-order valence-corrected chi connectivity index (χ1v) is 8.95. The number of phenols is 3. The molecule has 7 heteroatoms. The Morgan fingerprint density at radius 1 is 1.11 bits per heavy atom. The van der Waals surface area contributed by atoms with E-state index in [1.165, 1.54) is 12.1 Å². The molecule has 1 aromatic rings. The minimum atomic E-state index is -0.841. The molecule has 1 aliphatic heterocycles. The number of carbonyl (C=O) groups is 1. The van der Waals surface area contributed by atoms with Crippen LogP contribution >= 0.6 is 0 Å². The Kier molecular flexibility index (Phi) is 2.50. The van der Waals surface area contributed by atoms with Crippen molar-refractivity contribution in [1.82, 2.24) is 0 Å². The van der Waals surface area contributed by atoms with Gasteiger partial charge in [0.05, 0.1) is 5.92 Å². The SMILES string of the molecule is O=C(O)C1CC2(c3c4ccc(=O)c(O)c-4oc4c(O)c(O)ccc34)C3=CC1C32. The highest BCUT2D eigenvalue weighted by Crippen LogP contribution is 2.80. The van der Waals surface area contributed by atoms with Gasteiger partial charge >= 0.3 is 5.97 Å². The second-order valence-corrected chi connectivity index (χ2v) is 7.87. The van der Waals surface area contributed by atoms with E-state index in [1.54, 1.807) is 12.1 Å². The van der Waals surface area contributed by atoms with E-state index in [9.17, 15) is 30.0 Å². The molecule has 1 aromatic carbocycles. The van der Waals surface area contributed by atoms with E-state index in [4.69, 9.17) is 4.42 Å². The van der Waals surface area contributed by atoms with Gasteiger partial charge in [-0.15, -0.1) is 0 Å². The summed E-state index contributed by atoms with van der Waals surface area (Å²) in [5.74, 6) is -2.80. The molecule has 1 heterocycles. The summed E-state index contributed by atoms with van der Waals surface area (Å²) in [6, 6.07) is 5.77. The Balaban J connectivity index is 1.74. The molecule has 140 valence electrons. The number of allylic oxidation sites excluding steroid dienone is 2. The van der Waals surface area contributed by atoms with Gasteiger partial charge in [-0.1, -0.05) is 11.6 Å². The zero-order valence-electron chi connectivity index (χ0n) is 14.3. The fraction of sp³-hybridized carbons (Fsp3) is 0.238. The van der Waals surface area contributed by atoms with Crippen molar-refractivity contribution in [2.75, 3.05) is 0 Å². The maximum Gasteiger partial charge on any atom is 0.307 e. The quantitative estimate of drug-likeness (QED) is 0.306. The summed E-state index contributed by atoms with van der Waals surface area (Å²) in [6.45, 7) is 0. The number of fused-ring (bicyclic) bond motifs is 3. The number of carboxylic acid groups (broad SMARTS) is 1. The van der Waals surface area contributed by atoms with Gasteiger partial charge in [0.1, 0.15) is 0 Å². The molecule has 0 amide bonds. The lowest BCUT2D eigenvalue weighted by atomic mass is 9.78. The Morgan fingerprint density at radius 2 is 1.89 bits per heavy atom. The second-order valence-electron chi connectivity index (χ2n) is 7.87. The lowest BCUT2D eigenvalue weighted by Gasteiger charge is -2.26. The van der Waals surface area contributed by atoms with Gasteiger partial charge in [0.15, 0.2) is 17.1 Å². The molecular formula is C21H14O7. The first-order chi connectivity index (χ1) is 13.4. The Hall–Kier alpha value is -3.48. The van der Waals surface area contributed by atoms with Crippen LogP contribution in [0.4, 0.5) is 0 Å². The molecule has 4 unspecified atom stereocenters. The Bertz CT molecular complexity index is 1300. The number of hydrogen-bond acceptors (Lipinski definition) is 6. The molecule has 2 fully saturated rings. The van der Waals surface area contributed by atoms with Crippen LogP contribution in [0.1, 0.15) is 12.0 Å². The van der Waals surface area contributed by atoms with E-state index in [1.807, 2.05) is 6.08 Å². The van der Waals surface area contributed by atoms with Crippen LogP contribution in [0.5, 0.6) is 17.2 Å². The van der Waals surface area contributed by atoms with Crippen LogP contribution in [-0.4, -0.2) is 26.4 Å². The predicted molar refractivity (Wildman–Crippen MR) is 96.6 cm³/mol. The normalized spacial score (nSPS) is 29.4. The summed E-state index contributed by atoms with van der Waals surface area (Å²) in [4.78, 5) is 23.6. The molecule has 0 saturated heterocycles. The summed E-state index contributed by atoms with van der Waals surface area (Å²) in [6.07, 6.45) is 2.41. The molecule has 0 aromatic heterocycles. The lowest BCUT2D eigenvalue weighted by Crippen LogP contribution is -2.26. The van der Waals surface area contributed by atoms with E-state index in [0.29, 0.717) is 17.4 Å². The minimum Gasteiger partial charge on any atom is -0.504 e. The Labute approximate surface area is 157 Å². The van der Waals surface area contributed by atoms with Crippen LogP contribution in [-0.2, 0) is 10.2 Å². The fourth-order valence-electron chi connectivity index (χ4n) is 5.57. The third-order valence-corrected chi connectivity index (χ3v) is 6.77. The van der Waals surface area contributed by atoms with Crippen LogP contribution in [0, 0.1) is 17.8 Å². The lowest BCUT2D eigenvalue weighted by molar-refractivity contribution is -0.143. The van der Waals surface area contributed by atoms with Crippen LogP contribution in [0.2, 0.25) is 0 Å². The van der Waals surface area contributed by atoms with E-state index in [2.05, 4.69) is 0 Å². The van der Waals surface area contributed by atoms with E-state index < -0.39 is 34.2 Å². The van der Waals surface area contributed by atoms with Gasteiger partial charge in [-0.05, 0) is 42.2 Å². The molecule has 7 nitrogen and oxygen atoms in total. The molecule has 4 N–H and O–H groups in total. The van der Waals surface area contributed by atoms with Crippen LogP contribution in [0.25, 0.3) is 22.3 Å². The Morgan fingerprint density at radius 3 is 2.61 bits per heavy atom. The minimum absolute atomic E-state index is 0.0344. The van der Waals surface area contributed by atoms with Crippen molar-refractivity contribution in [2.24, 2.45) is 17.8 Å². The first-order valence-electron chi connectivity index (χ1n) is 8.95. The van der Waals surface area contributed by atoms with Gasteiger partial charge in [0, 0.05) is 22.3 Å². The third kappa shape index (κ3) is 1.50. The highest BCUT2D eigenvalue weighted by molar-refractivity contribution is 5.97. The monoisotopic (exact) mass is 378 g/mol. The molecule has 0 radical (unpaired) electrons. The molecule has 0 bridgehead atoms. The number of rotatable bonds is 2. The van der Waals surface area contributed by atoms with Crippen molar-refractivity contribution < 1.29 is 29.6 Å². The van der Waals surface area contributed by atoms with Crippen LogP contribution < -0.4 is 5.43 Å². The highest BCUT2D eigenvalue weighted by Gasteiger charge is 2.76. The van der Waals surface area contributed by atoms with E-state index in [-0.39, 0.29) is 28.9 Å². The number of phenolic OH excluding ortho intramolecular Hbond substituents is 3. The largest absolute Gasteiger partial charge is 0.504 e. The van der Waals surface area contributed by atoms with Crippen LogP contribution in [0.15, 0.2) is 45.1 Å².